The predicted octanol–water partition coefficient (Wildman–Crippen LogP) is 3.13. The van der Waals surface area contributed by atoms with E-state index in [1.165, 1.54) is 7.11 Å². The lowest BCUT2D eigenvalue weighted by molar-refractivity contribution is -0.137. The minimum Gasteiger partial charge on any atom is -0.478 e. The van der Waals surface area contributed by atoms with E-state index in [-0.39, 0.29) is 5.70 Å². The average molecular weight is 342 g/mol. The highest BCUT2D eigenvalue weighted by molar-refractivity contribution is 9.10. The molecule has 5 nitrogen and oxygen atoms in total. The third kappa shape index (κ3) is 4.38. The number of carboxylic acids is 1. The number of carbonyl (C=O) groups excluding carboxylic acids is 1. The second-order valence-corrected chi connectivity index (χ2v) is 5.26. The van der Waals surface area contributed by atoms with Crippen molar-refractivity contribution in [2.24, 2.45) is 0 Å². The molecule has 0 radical (unpaired) electrons. The predicted molar refractivity (Wildman–Crippen MR) is 79.6 cm³/mol. The fourth-order valence-corrected chi connectivity index (χ4v) is 2.01. The quantitative estimate of drug-likeness (QED) is 0.635. The van der Waals surface area contributed by atoms with E-state index in [1.54, 1.807) is 6.07 Å². The molecule has 0 saturated heterocycles. The highest BCUT2D eigenvalue weighted by Crippen LogP contribution is 2.28. The van der Waals surface area contributed by atoms with Crippen LogP contribution in [0.15, 0.2) is 34.4 Å². The summed E-state index contributed by atoms with van der Waals surface area (Å²) in [4.78, 5) is 22.2. The van der Waals surface area contributed by atoms with Crippen LogP contribution in [0.5, 0.6) is 0 Å². The molecular formula is C14H16BrNO4. The summed E-state index contributed by atoms with van der Waals surface area (Å²) in [6, 6.07) is 5.61. The van der Waals surface area contributed by atoms with Crippen molar-refractivity contribution in [2.45, 2.75) is 19.8 Å². The lowest BCUT2D eigenvalue weighted by Gasteiger charge is -2.13. The Morgan fingerprint density at radius 1 is 1.40 bits per heavy atom. The van der Waals surface area contributed by atoms with Crippen LogP contribution >= 0.6 is 15.9 Å². The number of hydrogen-bond acceptors (Lipinski definition) is 4. The van der Waals surface area contributed by atoms with Gasteiger partial charge >= 0.3 is 11.9 Å². The number of nitrogens with one attached hydrogen (secondary N) is 1. The first kappa shape index (κ1) is 16.2. The van der Waals surface area contributed by atoms with Gasteiger partial charge in [-0.3, -0.25) is 0 Å². The van der Waals surface area contributed by atoms with Gasteiger partial charge in [0.2, 0.25) is 0 Å². The fraction of sp³-hybridized carbons (Fsp3) is 0.286. The Bertz CT molecular complexity index is 552. The lowest BCUT2D eigenvalue weighted by Crippen LogP contribution is -2.15. The first-order valence-corrected chi connectivity index (χ1v) is 6.73. The number of methoxy groups -OCH3 is 1. The molecule has 0 fully saturated rings. The van der Waals surface area contributed by atoms with Gasteiger partial charge in [0.15, 0.2) is 0 Å². The van der Waals surface area contributed by atoms with Crippen LogP contribution in [0.4, 0.5) is 5.69 Å². The van der Waals surface area contributed by atoms with Gasteiger partial charge in [-0.25, -0.2) is 9.59 Å². The fourth-order valence-electron chi connectivity index (χ4n) is 1.52. The van der Waals surface area contributed by atoms with Crippen molar-refractivity contribution in [1.29, 1.82) is 0 Å². The van der Waals surface area contributed by atoms with Crippen LogP contribution in [0.2, 0.25) is 0 Å². The van der Waals surface area contributed by atoms with Gasteiger partial charge in [-0.2, -0.15) is 0 Å². The molecule has 0 aromatic heterocycles. The molecule has 1 aromatic rings. The second kappa shape index (κ2) is 7.09. The Balaban J connectivity index is 3.06. The summed E-state index contributed by atoms with van der Waals surface area (Å²) >= 11 is 3.39. The number of hydrogen-bond donors (Lipinski definition) is 2. The summed E-state index contributed by atoms with van der Waals surface area (Å²) in [6.07, 6.45) is 0.772. The first-order chi connectivity index (χ1) is 9.35. The first-order valence-electron chi connectivity index (χ1n) is 5.94. The molecule has 0 aliphatic rings. The van der Waals surface area contributed by atoms with E-state index < -0.39 is 11.9 Å². The van der Waals surface area contributed by atoms with Gasteiger partial charge in [0.05, 0.1) is 18.9 Å². The highest BCUT2D eigenvalue weighted by atomic mass is 79.9. The van der Waals surface area contributed by atoms with Crippen molar-refractivity contribution in [2.75, 3.05) is 12.4 Å². The molecule has 0 saturated carbocycles. The number of benzene rings is 1. The molecule has 20 heavy (non-hydrogen) atoms. The third-order valence-electron chi connectivity index (χ3n) is 2.60. The summed E-state index contributed by atoms with van der Waals surface area (Å²) < 4.78 is 5.28. The summed E-state index contributed by atoms with van der Waals surface area (Å²) in [5, 5.41) is 11.5. The Kier molecular flexibility index (Phi) is 5.76. The van der Waals surface area contributed by atoms with Gasteiger partial charge in [0.25, 0.3) is 0 Å². The number of halogens is 1. The second-order valence-electron chi connectivity index (χ2n) is 4.41. The van der Waals surface area contributed by atoms with Crippen molar-refractivity contribution < 1.29 is 19.4 Å². The molecular weight excluding hydrogens is 326 g/mol. The van der Waals surface area contributed by atoms with Crippen molar-refractivity contribution in [1.82, 2.24) is 0 Å². The SMILES string of the molecule is COC(=O)C(=CC(=O)O)Nc1ccc(C(C)C)cc1Br. The van der Waals surface area contributed by atoms with Crippen LogP contribution in [0.3, 0.4) is 0 Å². The van der Waals surface area contributed by atoms with Gasteiger partial charge in [-0.15, -0.1) is 0 Å². The van der Waals surface area contributed by atoms with Gasteiger partial charge in [-0.05, 0) is 39.5 Å². The minimum atomic E-state index is -1.23. The molecule has 0 spiro atoms. The van der Waals surface area contributed by atoms with Crippen molar-refractivity contribution in [3.05, 3.63) is 40.0 Å². The smallest absolute Gasteiger partial charge is 0.354 e. The van der Waals surface area contributed by atoms with Crippen molar-refractivity contribution >= 4 is 33.6 Å². The van der Waals surface area contributed by atoms with E-state index in [0.717, 1.165) is 16.1 Å². The Hall–Kier alpha value is -1.82. The maximum atomic E-state index is 11.5. The number of rotatable bonds is 5. The molecule has 1 rings (SSSR count). The average Bonchev–Trinajstić information content (AvgIpc) is 2.38. The minimum absolute atomic E-state index is 0.141. The van der Waals surface area contributed by atoms with Crippen molar-refractivity contribution in [3.8, 4) is 0 Å². The zero-order valence-electron chi connectivity index (χ0n) is 11.4. The van der Waals surface area contributed by atoms with Gasteiger partial charge < -0.3 is 15.2 Å². The van der Waals surface area contributed by atoms with Gasteiger partial charge in [0.1, 0.15) is 5.70 Å². The van der Waals surface area contributed by atoms with E-state index in [9.17, 15) is 9.59 Å². The number of carbonyl (C=O) groups is 2. The van der Waals surface area contributed by atoms with Gasteiger partial charge in [0, 0.05) is 4.47 Å². The molecule has 108 valence electrons. The summed E-state index contributed by atoms with van der Waals surface area (Å²) in [7, 11) is 1.19. The zero-order valence-corrected chi connectivity index (χ0v) is 13.0. The summed E-state index contributed by atoms with van der Waals surface area (Å²) in [5.41, 5.74) is 1.58. The molecule has 0 atom stereocenters. The molecule has 0 aliphatic heterocycles. The van der Waals surface area contributed by atoms with E-state index in [0.29, 0.717) is 11.6 Å². The van der Waals surface area contributed by atoms with Crippen LogP contribution in [-0.4, -0.2) is 24.2 Å². The van der Waals surface area contributed by atoms with E-state index >= 15 is 0 Å². The molecule has 1 aromatic carbocycles. The summed E-state index contributed by atoms with van der Waals surface area (Å²) in [5.74, 6) is -1.60. The number of esters is 1. The topological polar surface area (TPSA) is 75.6 Å². The van der Waals surface area contributed by atoms with E-state index in [2.05, 4.69) is 39.8 Å². The van der Waals surface area contributed by atoms with Crippen LogP contribution in [-0.2, 0) is 14.3 Å². The number of anilines is 1. The largest absolute Gasteiger partial charge is 0.478 e. The molecule has 6 heteroatoms. The van der Waals surface area contributed by atoms with Crippen LogP contribution < -0.4 is 5.32 Å². The molecule has 0 amide bonds. The molecule has 2 N–H and O–H groups in total. The standard InChI is InChI=1S/C14H16BrNO4/c1-8(2)9-4-5-11(10(15)6-9)16-12(7-13(17)18)14(19)20-3/h4-8,16H,1-3H3,(H,17,18). The monoisotopic (exact) mass is 341 g/mol. The number of carboxylic acid groups (broad SMARTS) is 1. The molecule has 0 aliphatic carbocycles. The normalized spacial score (nSPS) is 11.3. The maximum Gasteiger partial charge on any atom is 0.354 e. The highest BCUT2D eigenvalue weighted by Gasteiger charge is 2.14. The summed E-state index contributed by atoms with van der Waals surface area (Å²) in [6.45, 7) is 4.14. The van der Waals surface area contributed by atoms with E-state index in [1.807, 2.05) is 12.1 Å². The van der Waals surface area contributed by atoms with Gasteiger partial charge in [-0.1, -0.05) is 19.9 Å². The Morgan fingerprint density at radius 2 is 2.05 bits per heavy atom. The Morgan fingerprint density at radius 3 is 2.50 bits per heavy atom. The zero-order chi connectivity index (χ0) is 15.3. The Labute approximate surface area is 125 Å². The number of ether oxygens (including phenoxy) is 1. The molecule has 0 bridgehead atoms. The molecule has 0 heterocycles. The third-order valence-corrected chi connectivity index (χ3v) is 3.26. The van der Waals surface area contributed by atoms with Crippen LogP contribution in [0.1, 0.15) is 25.3 Å². The van der Waals surface area contributed by atoms with Crippen LogP contribution in [0.25, 0.3) is 0 Å². The van der Waals surface area contributed by atoms with Crippen molar-refractivity contribution in [3.63, 3.8) is 0 Å². The maximum absolute atomic E-state index is 11.5. The van der Waals surface area contributed by atoms with Crippen LogP contribution in [0, 0.1) is 0 Å². The number of aliphatic carboxylic acids is 1. The lowest BCUT2D eigenvalue weighted by atomic mass is 10.0. The van der Waals surface area contributed by atoms with E-state index in [4.69, 9.17) is 5.11 Å². The molecule has 0 unspecified atom stereocenters.